The normalized spacial score (nSPS) is 20.6. The fraction of sp³-hybridized carbons (Fsp3) is 0.732. The lowest BCUT2D eigenvalue weighted by atomic mass is 9.99. The molecule has 0 aromatic rings. The Bertz CT molecular complexity index is 1290. The molecule has 65 heavy (non-hydrogen) atoms. The van der Waals surface area contributed by atoms with Crippen molar-refractivity contribution in [2.75, 3.05) is 13.2 Å². The van der Waals surface area contributed by atoms with Crippen LogP contribution in [-0.2, 0) is 14.3 Å². The van der Waals surface area contributed by atoms with Gasteiger partial charge in [0.15, 0.2) is 6.29 Å². The van der Waals surface area contributed by atoms with Crippen molar-refractivity contribution in [3.05, 3.63) is 85.1 Å². The van der Waals surface area contributed by atoms with Crippen LogP contribution in [0.2, 0.25) is 0 Å². The van der Waals surface area contributed by atoms with Crippen molar-refractivity contribution >= 4 is 5.91 Å². The van der Waals surface area contributed by atoms with Crippen molar-refractivity contribution in [3.63, 3.8) is 0 Å². The number of rotatable bonds is 43. The molecule has 1 saturated heterocycles. The van der Waals surface area contributed by atoms with Crippen LogP contribution in [0.15, 0.2) is 85.1 Å². The highest BCUT2D eigenvalue weighted by atomic mass is 16.7. The van der Waals surface area contributed by atoms with Crippen molar-refractivity contribution < 1.29 is 39.8 Å². The summed E-state index contributed by atoms with van der Waals surface area (Å²) in [6.07, 6.45) is 56.7. The number of allylic oxidation sites excluding steroid dienone is 13. The van der Waals surface area contributed by atoms with E-state index in [0.29, 0.717) is 6.42 Å². The maximum atomic E-state index is 13.0. The van der Waals surface area contributed by atoms with Gasteiger partial charge in [0, 0.05) is 6.42 Å². The summed E-state index contributed by atoms with van der Waals surface area (Å²) in [4.78, 5) is 13.0. The first kappa shape index (κ1) is 60.4. The molecule has 1 heterocycles. The van der Waals surface area contributed by atoms with Crippen molar-refractivity contribution in [1.29, 1.82) is 0 Å². The number of aliphatic hydroxyl groups excluding tert-OH is 5. The number of nitrogens with one attached hydrogen (secondary N) is 1. The minimum atomic E-state index is -1.57. The molecule has 7 unspecified atom stereocenters. The Kier molecular flexibility index (Phi) is 42.0. The average Bonchev–Trinajstić information content (AvgIpc) is 3.31. The number of aliphatic hydroxyl groups is 5. The lowest BCUT2D eigenvalue weighted by Gasteiger charge is -2.40. The van der Waals surface area contributed by atoms with Gasteiger partial charge >= 0.3 is 0 Å². The summed E-state index contributed by atoms with van der Waals surface area (Å²) >= 11 is 0. The van der Waals surface area contributed by atoms with E-state index in [9.17, 15) is 30.3 Å². The molecule has 0 aromatic heterocycles. The molecule has 9 heteroatoms. The topological polar surface area (TPSA) is 149 Å². The number of hydrogen-bond acceptors (Lipinski definition) is 8. The summed E-state index contributed by atoms with van der Waals surface area (Å²) in [5.41, 5.74) is 0. The fourth-order valence-electron chi connectivity index (χ4n) is 7.79. The zero-order chi connectivity index (χ0) is 47.3. The van der Waals surface area contributed by atoms with Crippen LogP contribution >= 0.6 is 0 Å². The summed E-state index contributed by atoms with van der Waals surface area (Å²) in [5, 5.41) is 54.1. The predicted molar refractivity (Wildman–Crippen MR) is 271 cm³/mol. The molecule has 1 amide bonds. The van der Waals surface area contributed by atoms with Crippen LogP contribution in [0.3, 0.4) is 0 Å². The molecule has 9 nitrogen and oxygen atoms in total. The quantitative estimate of drug-likeness (QED) is 0.0262. The summed E-state index contributed by atoms with van der Waals surface area (Å²) in [6.45, 7) is 3.58. The molecule has 0 bridgehead atoms. The van der Waals surface area contributed by atoms with Gasteiger partial charge in [-0.1, -0.05) is 208 Å². The molecule has 0 radical (unpaired) electrons. The Balaban J connectivity index is 2.11. The highest BCUT2D eigenvalue weighted by Gasteiger charge is 2.44. The molecule has 1 aliphatic rings. The number of unbranched alkanes of at least 4 members (excludes halogenated alkanes) is 21. The van der Waals surface area contributed by atoms with Gasteiger partial charge in [0.2, 0.25) is 5.91 Å². The number of amides is 1. The molecular weight excluding hydrogens is 815 g/mol. The molecular formula is C56H97NO8. The van der Waals surface area contributed by atoms with Crippen LogP contribution in [0.4, 0.5) is 0 Å². The van der Waals surface area contributed by atoms with Crippen LogP contribution in [0.25, 0.3) is 0 Å². The first-order valence-corrected chi connectivity index (χ1v) is 26.3. The number of ether oxygens (including phenoxy) is 2. The number of hydrogen-bond donors (Lipinski definition) is 6. The van der Waals surface area contributed by atoms with E-state index in [-0.39, 0.29) is 12.5 Å². The van der Waals surface area contributed by atoms with Crippen molar-refractivity contribution in [1.82, 2.24) is 5.32 Å². The Morgan fingerprint density at radius 2 is 0.969 bits per heavy atom. The van der Waals surface area contributed by atoms with Gasteiger partial charge in [0.25, 0.3) is 0 Å². The summed E-state index contributed by atoms with van der Waals surface area (Å²) in [7, 11) is 0. The summed E-state index contributed by atoms with van der Waals surface area (Å²) < 4.78 is 11.2. The third-order valence-electron chi connectivity index (χ3n) is 12.0. The van der Waals surface area contributed by atoms with Crippen LogP contribution in [0, 0.1) is 0 Å². The lowest BCUT2D eigenvalue weighted by molar-refractivity contribution is -0.302. The molecule has 6 N–H and O–H groups in total. The second-order valence-corrected chi connectivity index (χ2v) is 17.9. The van der Waals surface area contributed by atoms with Gasteiger partial charge in [-0.15, -0.1) is 0 Å². The highest BCUT2D eigenvalue weighted by Crippen LogP contribution is 2.23. The van der Waals surface area contributed by atoms with E-state index in [0.717, 1.165) is 70.6 Å². The van der Waals surface area contributed by atoms with Crippen LogP contribution in [-0.4, -0.2) is 87.5 Å². The minimum Gasteiger partial charge on any atom is -0.394 e. The van der Waals surface area contributed by atoms with Crippen molar-refractivity contribution in [3.8, 4) is 0 Å². The van der Waals surface area contributed by atoms with Crippen molar-refractivity contribution in [2.45, 2.75) is 249 Å². The predicted octanol–water partition coefficient (Wildman–Crippen LogP) is 12.3. The zero-order valence-corrected chi connectivity index (χ0v) is 41.2. The average molecular weight is 912 g/mol. The molecule has 374 valence electrons. The van der Waals surface area contributed by atoms with Gasteiger partial charge in [0.1, 0.15) is 24.4 Å². The smallest absolute Gasteiger partial charge is 0.220 e. The molecule has 0 aliphatic carbocycles. The van der Waals surface area contributed by atoms with E-state index in [1.165, 1.54) is 116 Å². The third kappa shape index (κ3) is 35.2. The Hall–Kier alpha value is -2.63. The maximum absolute atomic E-state index is 13.0. The van der Waals surface area contributed by atoms with E-state index in [1.807, 2.05) is 6.08 Å². The van der Waals surface area contributed by atoms with Crippen LogP contribution in [0.5, 0.6) is 0 Å². The molecule has 0 spiro atoms. The van der Waals surface area contributed by atoms with E-state index in [2.05, 4.69) is 92.1 Å². The number of carbonyl (C=O) groups is 1. The largest absolute Gasteiger partial charge is 0.394 e. The summed E-state index contributed by atoms with van der Waals surface area (Å²) in [5.74, 6) is -0.192. The standard InChI is InChI=1S/C56H97NO8/c1-3-5-7-9-11-13-14-15-16-17-18-19-20-21-22-23-24-25-26-27-28-29-30-31-32-33-34-35-36-38-40-42-44-46-52(60)57-49(50(59)45-43-41-39-37-12-10-8-6-4-2)48-64-56-55(63)54(62)53(61)51(47-58)65-56/h5,7,11-13,15-16,18-19,21-22,37,43,45,49-51,53-56,58-59,61-63H,3-4,6,8-10,14,17,20,23-36,38-42,44,46-48H2,1-2H3,(H,57,60)/b7-5-,13-11-,16-15-,19-18-,22-21-,37-12+,45-43+. The second-order valence-electron chi connectivity index (χ2n) is 17.9. The molecule has 1 fully saturated rings. The van der Waals surface area contributed by atoms with Crippen LogP contribution < -0.4 is 5.32 Å². The molecule has 0 aromatic carbocycles. The highest BCUT2D eigenvalue weighted by molar-refractivity contribution is 5.76. The van der Waals surface area contributed by atoms with Crippen LogP contribution in [0.1, 0.15) is 206 Å². The Labute approximate surface area is 397 Å². The number of carbonyl (C=O) groups excluding carboxylic acids is 1. The first-order valence-electron chi connectivity index (χ1n) is 26.3. The maximum Gasteiger partial charge on any atom is 0.220 e. The fourth-order valence-corrected chi connectivity index (χ4v) is 7.79. The Morgan fingerprint density at radius 3 is 1.48 bits per heavy atom. The Morgan fingerprint density at radius 1 is 0.538 bits per heavy atom. The molecule has 7 atom stereocenters. The monoisotopic (exact) mass is 912 g/mol. The molecule has 1 rings (SSSR count). The van der Waals surface area contributed by atoms with Gasteiger partial charge in [-0.05, 0) is 77.0 Å². The first-order chi connectivity index (χ1) is 31.8. The SMILES string of the molecule is CC/C=C\C/C=C\C/C=C\C/C=C\C/C=C\CCCCCCCCCCCCCCCCCCCC(=O)NC(COC1OC(CO)C(O)C(O)C1O)C(O)/C=C/CC/C=C/CCCCC. The van der Waals surface area contributed by atoms with Crippen molar-refractivity contribution in [2.24, 2.45) is 0 Å². The zero-order valence-electron chi connectivity index (χ0n) is 41.2. The van der Waals surface area contributed by atoms with Gasteiger partial charge in [-0.3, -0.25) is 4.79 Å². The molecule has 0 saturated carbocycles. The van der Waals surface area contributed by atoms with Gasteiger partial charge in [-0.2, -0.15) is 0 Å². The van der Waals surface area contributed by atoms with Gasteiger partial charge in [0.05, 0.1) is 25.4 Å². The molecule has 1 aliphatic heterocycles. The van der Waals surface area contributed by atoms with Gasteiger partial charge < -0.3 is 40.3 Å². The summed E-state index contributed by atoms with van der Waals surface area (Å²) in [6, 6.07) is -0.822. The van der Waals surface area contributed by atoms with E-state index < -0.39 is 49.5 Å². The lowest BCUT2D eigenvalue weighted by Crippen LogP contribution is -2.60. The van der Waals surface area contributed by atoms with Gasteiger partial charge in [-0.25, -0.2) is 0 Å². The van der Waals surface area contributed by atoms with E-state index >= 15 is 0 Å². The van der Waals surface area contributed by atoms with E-state index in [1.54, 1.807) is 6.08 Å². The third-order valence-corrected chi connectivity index (χ3v) is 12.0. The minimum absolute atomic E-state index is 0.192. The van der Waals surface area contributed by atoms with E-state index in [4.69, 9.17) is 9.47 Å². The second kappa shape index (κ2) is 45.2.